The molecule has 0 saturated carbocycles. The van der Waals surface area contributed by atoms with Gasteiger partial charge in [-0.1, -0.05) is 0 Å². The Bertz CT molecular complexity index is 312. The van der Waals surface area contributed by atoms with Gasteiger partial charge >= 0.3 is 0 Å². The Morgan fingerprint density at radius 3 is 2.69 bits per heavy atom. The van der Waals surface area contributed by atoms with Crippen LogP contribution in [0.15, 0.2) is 12.5 Å². The lowest BCUT2D eigenvalue weighted by Gasteiger charge is -2.12. The summed E-state index contributed by atoms with van der Waals surface area (Å²) in [6.45, 7) is 1.77. The van der Waals surface area contributed by atoms with Gasteiger partial charge in [-0.2, -0.15) is 0 Å². The van der Waals surface area contributed by atoms with E-state index in [1.807, 2.05) is 11.9 Å². The van der Waals surface area contributed by atoms with Gasteiger partial charge in [-0.3, -0.25) is 4.79 Å². The summed E-state index contributed by atoms with van der Waals surface area (Å²) in [6, 6.07) is 0. The van der Waals surface area contributed by atoms with Crippen LogP contribution in [0.5, 0.6) is 0 Å². The standard InChI is InChI=1S/C9H13N3O/c1-11-6-8(10-7-11)9(13)12-4-2-3-5-12/h6-7H,2-5H2,1H3. The Morgan fingerprint density at radius 2 is 2.15 bits per heavy atom. The zero-order valence-electron chi connectivity index (χ0n) is 7.73. The largest absolute Gasteiger partial charge is 0.340 e. The van der Waals surface area contributed by atoms with E-state index in [0.29, 0.717) is 5.69 Å². The normalized spacial score (nSPS) is 16.5. The Morgan fingerprint density at radius 1 is 1.46 bits per heavy atom. The first-order chi connectivity index (χ1) is 6.27. The summed E-state index contributed by atoms with van der Waals surface area (Å²) in [5, 5.41) is 0. The fourth-order valence-electron chi connectivity index (χ4n) is 1.61. The van der Waals surface area contributed by atoms with Crippen molar-refractivity contribution in [3.8, 4) is 0 Å². The zero-order valence-corrected chi connectivity index (χ0v) is 7.73. The van der Waals surface area contributed by atoms with E-state index < -0.39 is 0 Å². The first kappa shape index (κ1) is 8.29. The van der Waals surface area contributed by atoms with Gasteiger partial charge < -0.3 is 9.47 Å². The minimum Gasteiger partial charge on any atom is -0.340 e. The van der Waals surface area contributed by atoms with Crippen LogP contribution >= 0.6 is 0 Å². The lowest BCUT2D eigenvalue weighted by Crippen LogP contribution is -2.27. The molecule has 1 aliphatic rings. The van der Waals surface area contributed by atoms with E-state index in [-0.39, 0.29) is 5.91 Å². The third-order valence-electron chi connectivity index (χ3n) is 2.32. The maximum atomic E-state index is 11.7. The Kier molecular flexibility index (Phi) is 2.04. The first-order valence-electron chi connectivity index (χ1n) is 4.54. The molecular formula is C9H13N3O. The smallest absolute Gasteiger partial charge is 0.274 e. The molecule has 0 spiro atoms. The van der Waals surface area contributed by atoms with Crippen molar-refractivity contribution in [2.24, 2.45) is 7.05 Å². The van der Waals surface area contributed by atoms with Crippen molar-refractivity contribution in [2.45, 2.75) is 12.8 Å². The van der Waals surface area contributed by atoms with Gasteiger partial charge in [0.25, 0.3) is 5.91 Å². The molecular weight excluding hydrogens is 166 g/mol. The van der Waals surface area contributed by atoms with Gasteiger partial charge in [-0.25, -0.2) is 4.98 Å². The van der Waals surface area contributed by atoms with Gasteiger partial charge in [0.15, 0.2) is 0 Å². The van der Waals surface area contributed by atoms with Crippen LogP contribution in [-0.4, -0.2) is 33.4 Å². The quantitative estimate of drug-likeness (QED) is 0.635. The van der Waals surface area contributed by atoms with Gasteiger partial charge in [0.2, 0.25) is 0 Å². The molecule has 0 N–H and O–H groups in total. The van der Waals surface area contributed by atoms with E-state index >= 15 is 0 Å². The number of amides is 1. The fourth-order valence-corrected chi connectivity index (χ4v) is 1.61. The van der Waals surface area contributed by atoms with Crippen molar-refractivity contribution in [1.29, 1.82) is 0 Å². The van der Waals surface area contributed by atoms with Crippen LogP contribution in [0.3, 0.4) is 0 Å². The van der Waals surface area contributed by atoms with E-state index in [0.717, 1.165) is 25.9 Å². The molecule has 1 saturated heterocycles. The highest BCUT2D eigenvalue weighted by Crippen LogP contribution is 2.10. The molecule has 70 valence electrons. The lowest BCUT2D eigenvalue weighted by atomic mass is 10.4. The van der Waals surface area contributed by atoms with Gasteiger partial charge in [0.05, 0.1) is 6.33 Å². The number of carbonyl (C=O) groups excluding carboxylic acids is 1. The molecule has 0 aromatic carbocycles. The average molecular weight is 179 g/mol. The molecule has 4 nitrogen and oxygen atoms in total. The highest BCUT2D eigenvalue weighted by molar-refractivity contribution is 5.92. The maximum absolute atomic E-state index is 11.7. The Balaban J connectivity index is 2.12. The maximum Gasteiger partial charge on any atom is 0.274 e. The molecule has 0 atom stereocenters. The second kappa shape index (κ2) is 3.20. The summed E-state index contributed by atoms with van der Waals surface area (Å²) in [4.78, 5) is 17.6. The van der Waals surface area contributed by atoms with E-state index in [9.17, 15) is 4.79 Å². The second-order valence-electron chi connectivity index (χ2n) is 3.42. The minimum absolute atomic E-state index is 0.0677. The number of hydrogen-bond donors (Lipinski definition) is 0. The van der Waals surface area contributed by atoms with Crippen LogP contribution in [-0.2, 0) is 7.05 Å². The number of hydrogen-bond acceptors (Lipinski definition) is 2. The molecule has 1 aliphatic heterocycles. The fraction of sp³-hybridized carbons (Fsp3) is 0.556. The van der Waals surface area contributed by atoms with Crippen LogP contribution in [0.1, 0.15) is 23.3 Å². The highest BCUT2D eigenvalue weighted by Gasteiger charge is 2.20. The Labute approximate surface area is 77.2 Å². The summed E-state index contributed by atoms with van der Waals surface area (Å²) in [7, 11) is 1.87. The van der Waals surface area contributed by atoms with Crippen molar-refractivity contribution in [3.05, 3.63) is 18.2 Å². The van der Waals surface area contributed by atoms with Crippen molar-refractivity contribution in [3.63, 3.8) is 0 Å². The zero-order chi connectivity index (χ0) is 9.26. The van der Waals surface area contributed by atoms with Crippen molar-refractivity contribution >= 4 is 5.91 Å². The molecule has 2 rings (SSSR count). The van der Waals surface area contributed by atoms with Crippen LogP contribution in [0.25, 0.3) is 0 Å². The third kappa shape index (κ3) is 1.56. The Hall–Kier alpha value is -1.32. The summed E-state index contributed by atoms with van der Waals surface area (Å²) >= 11 is 0. The van der Waals surface area contributed by atoms with Crippen LogP contribution in [0.4, 0.5) is 0 Å². The molecule has 1 aromatic heterocycles. The van der Waals surface area contributed by atoms with Gasteiger partial charge in [-0.15, -0.1) is 0 Å². The SMILES string of the molecule is Cn1cnc(C(=O)N2CCCC2)c1. The molecule has 0 bridgehead atoms. The number of carbonyl (C=O) groups is 1. The summed E-state index contributed by atoms with van der Waals surface area (Å²) in [5.41, 5.74) is 0.560. The second-order valence-corrected chi connectivity index (χ2v) is 3.42. The molecule has 13 heavy (non-hydrogen) atoms. The molecule has 0 unspecified atom stereocenters. The van der Waals surface area contributed by atoms with Crippen LogP contribution < -0.4 is 0 Å². The number of aromatic nitrogens is 2. The number of nitrogens with zero attached hydrogens (tertiary/aromatic N) is 3. The monoisotopic (exact) mass is 179 g/mol. The molecule has 1 amide bonds. The number of aryl methyl sites for hydroxylation is 1. The number of rotatable bonds is 1. The topological polar surface area (TPSA) is 38.1 Å². The van der Waals surface area contributed by atoms with Gasteiger partial charge in [0, 0.05) is 26.3 Å². The van der Waals surface area contributed by atoms with Crippen molar-refractivity contribution in [1.82, 2.24) is 14.5 Å². The predicted molar refractivity (Wildman–Crippen MR) is 48.3 cm³/mol. The van der Waals surface area contributed by atoms with Crippen molar-refractivity contribution < 1.29 is 4.79 Å². The molecule has 0 radical (unpaired) electrons. The summed E-state index contributed by atoms with van der Waals surface area (Å²) < 4.78 is 1.79. The van der Waals surface area contributed by atoms with E-state index in [1.165, 1.54) is 0 Å². The molecule has 4 heteroatoms. The van der Waals surface area contributed by atoms with Crippen LogP contribution in [0, 0.1) is 0 Å². The summed E-state index contributed by atoms with van der Waals surface area (Å²) in [6.07, 6.45) is 5.67. The predicted octanol–water partition coefficient (Wildman–Crippen LogP) is 0.656. The van der Waals surface area contributed by atoms with E-state index in [1.54, 1.807) is 17.1 Å². The summed E-state index contributed by atoms with van der Waals surface area (Å²) in [5.74, 6) is 0.0677. The molecule has 0 aliphatic carbocycles. The molecule has 1 fully saturated rings. The lowest BCUT2D eigenvalue weighted by molar-refractivity contribution is 0.0787. The van der Waals surface area contributed by atoms with E-state index in [4.69, 9.17) is 0 Å². The van der Waals surface area contributed by atoms with Crippen LogP contribution in [0.2, 0.25) is 0 Å². The number of likely N-dealkylation sites (tertiary alicyclic amines) is 1. The minimum atomic E-state index is 0.0677. The molecule has 1 aromatic rings. The van der Waals surface area contributed by atoms with Crippen molar-refractivity contribution in [2.75, 3.05) is 13.1 Å². The third-order valence-corrected chi connectivity index (χ3v) is 2.32. The number of imidazole rings is 1. The van der Waals surface area contributed by atoms with E-state index in [2.05, 4.69) is 4.98 Å². The molecule has 2 heterocycles. The first-order valence-corrected chi connectivity index (χ1v) is 4.54. The van der Waals surface area contributed by atoms with Gasteiger partial charge in [0.1, 0.15) is 5.69 Å². The highest BCUT2D eigenvalue weighted by atomic mass is 16.2. The van der Waals surface area contributed by atoms with Gasteiger partial charge in [-0.05, 0) is 12.8 Å². The average Bonchev–Trinajstić information content (AvgIpc) is 2.72.